The summed E-state index contributed by atoms with van der Waals surface area (Å²) in [5.74, 6) is -1.02. The molecule has 0 atom stereocenters. The molecule has 0 bridgehead atoms. The maximum atomic E-state index is 12.4. The van der Waals surface area contributed by atoms with Crippen molar-refractivity contribution < 1.29 is 19.6 Å². The molecule has 0 saturated heterocycles. The molecular weight excluding hydrogens is 424 g/mol. The number of anilines is 1. The van der Waals surface area contributed by atoms with E-state index in [1.165, 1.54) is 42.6 Å². The summed E-state index contributed by atoms with van der Waals surface area (Å²) in [6.45, 7) is 3.64. The quantitative estimate of drug-likeness (QED) is 0.209. The Bertz CT molecular complexity index is 1250. The molecule has 9 heteroatoms. The fourth-order valence-corrected chi connectivity index (χ4v) is 2.96. The van der Waals surface area contributed by atoms with Crippen LogP contribution in [0.2, 0.25) is 0 Å². The molecule has 2 amide bonds. The number of rotatable bonds is 8. The lowest BCUT2D eigenvalue weighted by atomic mass is 10.1. The number of hydrogen-bond acceptors (Lipinski definition) is 6. The first kappa shape index (κ1) is 22.9. The minimum atomic E-state index is -0.586. The van der Waals surface area contributed by atoms with Crippen LogP contribution in [0, 0.1) is 10.1 Å². The van der Waals surface area contributed by atoms with Crippen molar-refractivity contribution in [3.63, 3.8) is 0 Å². The number of carbonyl (C=O) groups excluding carboxylic acids is 2. The highest BCUT2D eigenvalue weighted by Gasteiger charge is 2.13. The van der Waals surface area contributed by atoms with Crippen LogP contribution in [-0.2, 0) is 6.42 Å². The zero-order valence-corrected chi connectivity index (χ0v) is 17.4. The highest BCUT2D eigenvalue weighted by atomic mass is 16.6. The summed E-state index contributed by atoms with van der Waals surface area (Å²) in [4.78, 5) is 35.2. The number of nitro groups is 1. The van der Waals surface area contributed by atoms with Crippen LogP contribution >= 0.6 is 0 Å². The number of nitrogens with zero attached hydrogens (tertiary/aromatic N) is 2. The fraction of sp³-hybridized carbons (Fsp3) is 0.0417. The monoisotopic (exact) mass is 444 g/mol. The van der Waals surface area contributed by atoms with E-state index in [-0.39, 0.29) is 22.6 Å². The van der Waals surface area contributed by atoms with Crippen molar-refractivity contribution >= 4 is 29.4 Å². The Kier molecular flexibility index (Phi) is 7.28. The topological polar surface area (TPSA) is 134 Å². The zero-order chi connectivity index (χ0) is 23.8. The number of phenols is 1. The van der Waals surface area contributed by atoms with Gasteiger partial charge in [0.25, 0.3) is 17.5 Å². The summed E-state index contributed by atoms with van der Waals surface area (Å²) in [7, 11) is 0. The Morgan fingerprint density at radius 2 is 1.73 bits per heavy atom. The number of phenolic OH excluding ortho intramolecular Hbond substituents is 1. The average Bonchev–Trinajstić information content (AvgIpc) is 2.81. The number of nitrogens with one attached hydrogen (secondary N) is 2. The molecule has 0 radical (unpaired) electrons. The number of nitro benzene ring substituents is 1. The van der Waals surface area contributed by atoms with E-state index in [1.54, 1.807) is 36.4 Å². The molecule has 0 fully saturated rings. The van der Waals surface area contributed by atoms with E-state index < -0.39 is 16.7 Å². The number of hydrogen-bond donors (Lipinski definition) is 3. The highest BCUT2D eigenvalue weighted by Crippen LogP contribution is 2.21. The third kappa shape index (κ3) is 5.88. The lowest BCUT2D eigenvalue weighted by Gasteiger charge is -2.07. The maximum absolute atomic E-state index is 12.4. The molecule has 0 aliphatic carbocycles. The third-order valence-corrected chi connectivity index (χ3v) is 4.59. The smallest absolute Gasteiger partial charge is 0.271 e. The van der Waals surface area contributed by atoms with Gasteiger partial charge in [-0.25, -0.2) is 5.43 Å². The van der Waals surface area contributed by atoms with E-state index in [0.29, 0.717) is 23.2 Å². The van der Waals surface area contributed by atoms with Crippen LogP contribution in [0.1, 0.15) is 31.8 Å². The molecule has 0 aromatic heterocycles. The molecule has 0 unspecified atom stereocenters. The second-order valence-electron chi connectivity index (χ2n) is 6.89. The Balaban J connectivity index is 1.67. The number of carbonyl (C=O) groups is 2. The molecule has 3 rings (SSSR count). The first-order valence-electron chi connectivity index (χ1n) is 9.80. The summed E-state index contributed by atoms with van der Waals surface area (Å²) in [5, 5.41) is 27.6. The summed E-state index contributed by atoms with van der Waals surface area (Å²) in [6, 6.07) is 16.6. The fourth-order valence-electron chi connectivity index (χ4n) is 2.96. The maximum Gasteiger partial charge on any atom is 0.271 e. The van der Waals surface area contributed by atoms with Gasteiger partial charge in [0.1, 0.15) is 5.75 Å². The normalized spacial score (nSPS) is 10.5. The molecule has 0 aliphatic rings. The number of amides is 2. The summed E-state index contributed by atoms with van der Waals surface area (Å²) in [6.07, 6.45) is 3.49. The highest BCUT2D eigenvalue weighted by molar-refractivity contribution is 6.05. The van der Waals surface area contributed by atoms with Crippen molar-refractivity contribution in [1.29, 1.82) is 0 Å². The van der Waals surface area contributed by atoms with Gasteiger partial charge in [0.05, 0.1) is 11.1 Å². The van der Waals surface area contributed by atoms with E-state index in [2.05, 4.69) is 22.4 Å². The van der Waals surface area contributed by atoms with Crippen LogP contribution in [-0.4, -0.2) is 28.1 Å². The number of para-hydroxylation sites is 1. The first-order valence-corrected chi connectivity index (χ1v) is 9.80. The van der Waals surface area contributed by atoms with Crippen molar-refractivity contribution in [2.24, 2.45) is 5.10 Å². The van der Waals surface area contributed by atoms with Crippen molar-refractivity contribution in [1.82, 2.24) is 5.43 Å². The van der Waals surface area contributed by atoms with Crippen molar-refractivity contribution in [3.8, 4) is 5.75 Å². The minimum Gasteiger partial charge on any atom is -0.507 e. The van der Waals surface area contributed by atoms with E-state index in [1.807, 2.05) is 0 Å². The van der Waals surface area contributed by atoms with E-state index in [0.717, 1.165) is 0 Å². The third-order valence-electron chi connectivity index (χ3n) is 4.59. The van der Waals surface area contributed by atoms with Crippen LogP contribution in [0.4, 0.5) is 11.4 Å². The van der Waals surface area contributed by atoms with Gasteiger partial charge in [-0.05, 0) is 42.3 Å². The predicted octanol–water partition coefficient (Wildman–Crippen LogP) is 4.05. The van der Waals surface area contributed by atoms with Crippen molar-refractivity contribution in [2.75, 3.05) is 5.32 Å². The van der Waals surface area contributed by atoms with E-state index >= 15 is 0 Å². The Labute approximate surface area is 189 Å². The molecule has 9 nitrogen and oxygen atoms in total. The van der Waals surface area contributed by atoms with Crippen LogP contribution < -0.4 is 10.7 Å². The number of non-ortho nitro benzene ring substituents is 1. The lowest BCUT2D eigenvalue weighted by molar-refractivity contribution is -0.384. The molecule has 3 aromatic rings. The van der Waals surface area contributed by atoms with E-state index in [9.17, 15) is 24.8 Å². The van der Waals surface area contributed by atoms with Crippen LogP contribution in [0.3, 0.4) is 0 Å². The van der Waals surface area contributed by atoms with Crippen LogP contribution in [0.25, 0.3) is 0 Å². The SMILES string of the molecule is C=CCc1cccc(/C=N\NC(=O)c2cccc(NC(=O)c3cccc([N+](=O)[O-])c3)c2)c1O. The van der Waals surface area contributed by atoms with Crippen LogP contribution in [0.5, 0.6) is 5.75 Å². The van der Waals surface area contributed by atoms with Crippen LogP contribution in [0.15, 0.2) is 84.5 Å². The van der Waals surface area contributed by atoms with Gasteiger partial charge in [-0.3, -0.25) is 19.7 Å². The van der Waals surface area contributed by atoms with Crippen molar-refractivity contribution in [3.05, 3.63) is 112 Å². The zero-order valence-electron chi connectivity index (χ0n) is 17.4. The summed E-state index contributed by atoms with van der Waals surface area (Å²) < 4.78 is 0. The summed E-state index contributed by atoms with van der Waals surface area (Å²) >= 11 is 0. The number of hydrazone groups is 1. The predicted molar refractivity (Wildman–Crippen MR) is 125 cm³/mol. The lowest BCUT2D eigenvalue weighted by Crippen LogP contribution is -2.18. The second-order valence-corrected chi connectivity index (χ2v) is 6.89. The molecule has 0 aliphatic heterocycles. The molecule has 0 saturated carbocycles. The second kappa shape index (κ2) is 10.5. The molecular formula is C24H20N4O5. The molecule has 3 aromatic carbocycles. The number of benzene rings is 3. The standard InChI is InChI=1S/C24H20N4O5/c1-2-6-16-7-3-10-19(22(16)29)15-25-27-24(31)17-8-4-11-20(13-17)26-23(30)18-9-5-12-21(14-18)28(32)33/h2-5,7-15,29H,1,6H2,(H,26,30)(H,27,31)/b25-15-. The van der Waals surface area contributed by atoms with Crippen molar-refractivity contribution in [2.45, 2.75) is 6.42 Å². The Morgan fingerprint density at radius 3 is 2.45 bits per heavy atom. The molecule has 33 heavy (non-hydrogen) atoms. The molecule has 0 spiro atoms. The van der Waals surface area contributed by atoms with Gasteiger partial charge in [-0.15, -0.1) is 6.58 Å². The van der Waals surface area contributed by atoms with Gasteiger partial charge in [0.2, 0.25) is 0 Å². The van der Waals surface area contributed by atoms with Gasteiger partial charge in [0.15, 0.2) is 0 Å². The molecule has 3 N–H and O–H groups in total. The van der Waals surface area contributed by atoms with Gasteiger partial charge in [-0.2, -0.15) is 5.10 Å². The first-order chi connectivity index (χ1) is 15.9. The Morgan fingerprint density at radius 1 is 1.03 bits per heavy atom. The number of aromatic hydroxyl groups is 1. The molecule has 0 heterocycles. The van der Waals surface area contributed by atoms with Gasteiger partial charge in [0, 0.05) is 34.5 Å². The largest absolute Gasteiger partial charge is 0.507 e. The van der Waals surface area contributed by atoms with Gasteiger partial charge >= 0.3 is 0 Å². The van der Waals surface area contributed by atoms with E-state index in [4.69, 9.17) is 0 Å². The summed E-state index contributed by atoms with van der Waals surface area (Å²) in [5.41, 5.74) is 3.97. The van der Waals surface area contributed by atoms with Gasteiger partial charge in [-0.1, -0.05) is 30.3 Å². The van der Waals surface area contributed by atoms with Gasteiger partial charge < -0.3 is 10.4 Å². The minimum absolute atomic E-state index is 0.0567. The average molecular weight is 444 g/mol. The number of allylic oxidation sites excluding steroid dienone is 1. The molecule has 166 valence electrons. The Hall–Kier alpha value is -4.79.